The molecule has 3 amide bonds. The van der Waals surface area contributed by atoms with Crippen molar-refractivity contribution in [2.24, 2.45) is 0 Å². The van der Waals surface area contributed by atoms with Gasteiger partial charge in [0, 0.05) is 12.2 Å². The van der Waals surface area contributed by atoms with E-state index in [-0.39, 0.29) is 11.4 Å². The van der Waals surface area contributed by atoms with Crippen LogP contribution < -0.4 is 14.9 Å². The second-order valence-corrected chi connectivity index (χ2v) is 7.26. The molecule has 5 nitrogen and oxygen atoms in total. The number of aryl methyl sites for hydroxylation is 1. The number of amides is 3. The Morgan fingerprint density at radius 1 is 1.00 bits per heavy atom. The summed E-state index contributed by atoms with van der Waals surface area (Å²) in [7, 11) is 0. The van der Waals surface area contributed by atoms with Crippen LogP contribution in [-0.4, -0.2) is 18.5 Å². The Morgan fingerprint density at radius 3 is 2.39 bits per heavy atom. The molecule has 3 rings (SSSR count). The molecule has 2 N–H and O–H groups in total. The van der Waals surface area contributed by atoms with E-state index in [1.54, 1.807) is 43.3 Å². The number of nitrogens with one attached hydrogen (secondary N) is 2. The third kappa shape index (κ3) is 5.82. The summed E-state index contributed by atoms with van der Waals surface area (Å²) in [6.07, 6.45) is 0.549. The lowest BCUT2D eigenvalue weighted by Crippen LogP contribution is -2.35. The lowest BCUT2D eigenvalue weighted by Gasteiger charge is -2.19. The Kier molecular flexibility index (Phi) is 7.25. The fraction of sp³-hybridized carbons (Fsp3) is 0.130. The van der Waals surface area contributed by atoms with Gasteiger partial charge in [0.1, 0.15) is 11.6 Å². The van der Waals surface area contributed by atoms with Gasteiger partial charge in [0.15, 0.2) is 0 Å². The number of hydrogen-bond acceptors (Lipinski definition) is 3. The van der Waals surface area contributed by atoms with E-state index in [0.29, 0.717) is 29.9 Å². The van der Waals surface area contributed by atoms with Gasteiger partial charge in [0.25, 0.3) is 5.91 Å². The fourth-order valence-corrected chi connectivity index (χ4v) is 3.26. The summed E-state index contributed by atoms with van der Waals surface area (Å²) in [6.45, 7) is 2.13. The minimum absolute atomic E-state index is 0.0550. The van der Waals surface area contributed by atoms with Crippen LogP contribution in [-0.2, 0) is 6.42 Å². The van der Waals surface area contributed by atoms with E-state index in [1.807, 2.05) is 0 Å². The van der Waals surface area contributed by atoms with Crippen LogP contribution in [0.3, 0.4) is 0 Å². The average Bonchev–Trinajstić information content (AvgIpc) is 2.75. The van der Waals surface area contributed by atoms with Crippen LogP contribution in [0.4, 0.5) is 25.0 Å². The maximum atomic E-state index is 13.8. The first kappa shape index (κ1) is 22.3. The maximum Gasteiger partial charge on any atom is 0.331 e. The van der Waals surface area contributed by atoms with Crippen molar-refractivity contribution in [2.45, 2.75) is 13.3 Å². The highest BCUT2D eigenvalue weighted by molar-refractivity contribution is 7.82. The van der Waals surface area contributed by atoms with Gasteiger partial charge in [-0.2, -0.15) is 0 Å². The molecule has 0 spiro atoms. The summed E-state index contributed by atoms with van der Waals surface area (Å²) in [5.74, 6) is -1.47. The molecule has 0 aliphatic rings. The Labute approximate surface area is 184 Å². The van der Waals surface area contributed by atoms with E-state index in [1.165, 1.54) is 34.6 Å². The number of benzene rings is 3. The molecule has 8 heteroatoms. The average molecular weight is 442 g/mol. The van der Waals surface area contributed by atoms with Gasteiger partial charge in [0.2, 0.25) is 0 Å². The quantitative estimate of drug-likeness (QED) is 0.465. The van der Waals surface area contributed by atoms with Gasteiger partial charge < -0.3 is 10.6 Å². The number of carbonyl (C=O) groups excluding carboxylic acids is 2. The Morgan fingerprint density at radius 2 is 1.71 bits per heavy atom. The zero-order chi connectivity index (χ0) is 22.4. The predicted molar refractivity (Wildman–Crippen MR) is 120 cm³/mol. The van der Waals surface area contributed by atoms with Crippen LogP contribution >= 0.6 is 12.8 Å². The molecule has 0 heterocycles. The Bertz CT molecular complexity index is 1090. The Hall–Kier alpha value is -3.39. The van der Waals surface area contributed by atoms with Crippen LogP contribution in [0.5, 0.6) is 0 Å². The molecule has 0 saturated carbocycles. The maximum absolute atomic E-state index is 13.8. The van der Waals surface area contributed by atoms with Crippen LogP contribution in [0.1, 0.15) is 21.5 Å². The molecule has 0 bridgehead atoms. The molecule has 160 valence electrons. The van der Waals surface area contributed by atoms with E-state index in [0.717, 1.165) is 5.56 Å². The van der Waals surface area contributed by atoms with Crippen LogP contribution in [0.2, 0.25) is 0 Å². The third-order valence-electron chi connectivity index (χ3n) is 4.60. The van der Waals surface area contributed by atoms with Crippen LogP contribution in [0.25, 0.3) is 0 Å². The minimum atomic E-state index is -0.604. The predicted octanol–water partition coefficient (Wildman–Crippen LogP) is 5.13. The summed E-state index contributed by atoms with van der Waals surface area (Å²) >= 11 is 4.27. The van der Waals surface area contributed by atoms with E-state index in [2.05, 4.69) is 23.4 Å². The standard InChI is InChI=1S/C23H21F2N3O2S/c1-15-14-18(27-22(29)19-4-2-3-5-20(19)25)10-11-21(15)28(31)23(30)26-13-12-16-6-8-17(24)9-7-16/h2-11,14,31H,12-13H2,1H3,(H,26,30)(H,27,29). The summed E-state index contributed by atoms with van der Waals surface area (Å²) < 4.78 is 27.9. The number of rotatable bonds is 6. The Balaban J connectivity index is 1.59. The molecule has 0 atom stereocenters. The first-order chi connectivity index (χ1) is 14.8. The fourth-order valence-electron chi connectivity index (χ4n) is 2.96. The highest BCUT2D eigenvalue weighted by Gasteiger charge is 2.16. The lowest BCUT2D eigenvalue weighted by atomic mass is 10.1. The topological polar surface area (TPSA) is 61.4 Å². The summed E-state index contributed by atoms with van der Waals surface area (Å²) in [5, 5.41) is 5.39. The lowest BCUT2D eigenvalue weighted by molar-refractivity contribution is 0.102. The van der Waals surface area contributed by atoms with Crippen molar-refractivity contribution in [3.63, 3.8) is 0 Å². The molecule has 0 aliphatic heterocycles. The van der Waals surface area contributed by atoms with E-state index in [4.69, 9.17) is 0 Å². The number of thiol groups is 1. The van der Waals surface area contributed by atoms with Gasteiger partial charge in [-0.1, -0.05) is 37.1 Å². The zero-order valence-electron chi connectivity index (χ0n) is 16.7. The summed E-state index contributed by atoms with van der Waals surface area (Å²) in [5.41, 5.74) is 2.54. The van der Waals surface area contributed by atoms with Crippen molar-refractivity contribution >= 4 is 36.1 Å². The van der Waals surface area contributed by atoms with Gasteiger partial charge in [-0.05, 0) is 66.9 Å². The molecule has 0 unspecified atom stereocenters. The van der Waals surface area contributed by atoms with E-state index >= 15 is 0 Å². The first-order valence-electron chi connectivity index (χ1n) is 9.53. The summed E-state index contributed by atoms with van der Waals surface area (Å²) in [4.78, 5) is 24.7. The van der Waals surface area contributed by atoms with Gasteiger partial charge >= 0.3 is 6.03 Å². The monoisotopic (exact) mass is 441 g/mol. The molecule has 0 fully saturated rings. The van der Waals surface area contributed by atoms with Gasteiger partial charge in [-0.15, -0.1) is 0 Å². The van der Waals surface area contributed by atoms with Crippen molar-refractivity contribution in [1.82, 2.24) is 5.32 Å². The number of nitrogens with zero attached hydrogens (tertiary/aromatic N) is 1. The number of urea groups is 1. The third-order valence-corrected chi connectivity index (χ3v) is 4.99. The van der Waals surface area contributed by atoms with E-state index in [9.17, 15) is 18.4 Å². The van der Waals surface area contributed by atoms with Crippen molar-refractivity contribution < 1.29 is 18.4 Å². The SMILES string of the molecule is Cc1cc(NC(=O)c2ccccc2F)ccc1N(S)C(=O)NCCc1ccc(F)cc1. The van der Waals surface area contributed by atoms with Gasteiger partial charge in [-0.25, -0.2) is 17.9 Å². The highest BCUT2D eigenvalue weighted by atomic mass is 32.1. The second-order valence-electron chi connectivity index (χ2n) is 6.86. The molecule has 0 saturated heterocycles. The normalized spacial score (nSPS) is 10.5. The minimum Gasteiger partial charge on any atom is -0.337 e. The number of halogens is 2. The number of carbonyl (C=O) groups is 2. The molecule has 0 radical (unpaired) electrons. The van der Waals surface area contributed by atoms with Gasteiger partial charge in [-0.3, -0.25) is 4.79 Å². The summed E-state index contributed by atoms with van der Waals surface area (Å²) in [6, 6.07) is 16.3. The molecule has 0 aliphatic carbocycles. The molecule has 31 heavy (non-hydrogen) atoms. The van der Waals surface area contributed by atoms with E-state index < -0.39 is 17.8 Å². The highest BCUT2D eigenvalue weighted by Crippen LogP contribution is 2.25. The molecular weight excluding hydrogens is 420 g/mol. The number of hydrogen-bond donors (Lipinski definition) is 3. The first-order valence-corrected chi connectivity index (χ1v) is 9.93. The molecule has 3 aromatic rings. The van der Waals surface area contributed by atoms with Crippen LogP contribution in [0, 0.1) is 18.6 Å². The van der Waals surface area contributed by atoms with Crippen LogP contribution in [0.15, 0.2) is 66.7 Å². The second kappa shape index (κ2) is 10.1. The molecular formula is C23H21F2N3O2S. The smallest absolute Gasteiger partial charge is 0.331 e. The van der Waals surface area contributed by atoms with Crippen molar-refractivity contribution in [2.75, 3.05) is 16.2 Å². The van der Waals surface area contributed by atoms with Gasteiger partial charge in [0.05, 0.1) is 11.3 Å². The largest absolute Gasteiger partial charge is 0.337 e. The number of anilines is 2. The molecule has 0 aromatic heterocycles. The van der Waals surface area contributed by atoms with Crippen molar-refractivity contribution in [3.8, 4) is 0 Å². The van der Waals surface area contributed by atoms with Crippen molar-refractivity contribution in [1.29, 1.82) is 0 Å². The van der Waals surface area contributed by atoms with Crippen molar-refractivity contribution in [3.05, 3.63) is 95.1 Å². The zero-order valence-corrected chi connectivity index (χ0v) is 17.6. The molecule has 3 aromatic carbocycles.